The number of anilines is 1. The van der Waals surface area contributed by atoms with Crippen LogP contribution in [0.2, 0.25) is 0 Å². The van der Waals surface area contributed by atoms with Crippen molar-refractivity contribution >= 4 is 44.5 Å². The molecule has 134 valence electrons. The first-order chi connectivity index (χ1) is 12.7. The fraction of sp³-hybridized carbons (Fsp3) is 0.158. The lowest BCUT2D eigenvalue weighted by Gasteiger charge is -2.11. The highest BCUT2D eigenvalue weighted by atomic mass is 79.9. The van der Waals surface area contributed by atoms with E-state index in [0.717, 1.165) is 16.2 Å². The van der Waals surface area contributed by atoms with Gasteiger partial charge in [0.25, 0.3) is 0 Å². The summed E-state index contributed by atoms with van der Waals surface area (Å²) in [6.07, 6.45) is 3.13. The van der Waals surface area contributed by atoms with Crippen LogP contribution in [-0.4, -0.2) is 35.2 Å². The first kappa shape index (κ1) is 18.0. The van der Waals surface area contributed by atoms with E-state index in [4.69, 9.17) is 9.47 Å². The number of methoxy groups -OCH3 is 1. The molecule has 0 aliphatic rings. The van der Waals surface area contributed by atoms with Crippen LogP contribution in [0, 0.1) is 0 Å². The van der Waals surface area contributed by atoms with Crippen LogP contribution in [0.1, 0.15) is 5.69 Å². The third-order valence-electron chi connectivity index (χ3n) is 3.66. The molecule has 7 heteroatoms. The molecule has 26 heavy (non-hydrogen) atoms. The number of carbonyl (C=O) groups excluding carboxylic acids is 1. The number of hydrogen-bond donors (Lipinski definition) is 2. The van der Waals surface area contributed by atoms with Crippen LogP contribution in [0.4, 0.5) is 5.69 Å². The van der Waals surface area contributed by atoms with Gasteiger partial charge in [-0.05, 0) is 24.3 Å². The minimum absolute atomic E-state index is 0.256. The maximum atomic E-state index is 12.2. The lowest BCUT2D eigenvalue weighted by atomic mass is 10.2. The summed E-state index contributed by atoms with van der Waals surface area (Å²) in [6.45, 7) is 0.530. The first-order valence-electron chi connectivity index (χ1n) is 8.00. The van der Waals surface area contributed by atoms with E-state index in [2.05, 4.69) is 31.4 Å². The van der Waals surface area contributed by atoms with Gasteiger partial charge in [0.2, 0.25) is 5.91 Å². The summed E-state index contributed by atoms with van der Waals surface area (Å²) in [5, 5.41) is 11.6. The zero-order valence-corrected chi connectivity index (χ0v) is 15.7. The Bertz CT molecular complexity index is 937. The molecular formula is C19H18BrN3O3. The van der Waals surface area contributed by atoms with Crippen LogP contribution in [0.5, 0.6) is 11.5 Å². The van der Waals surface area contributed by atoms with Gasteiger partial charge in [-0.15, -0.1) is 0 Å². The van der Waals surface area contributed by atoms with Crippen molar-refractivity contribution in [2.45, 2.75) is 0 Å². The summed E-state index contributed by atoms with van der Waals surface area (Å²) in [5.74, 6) is 0.933. The quantitative estimate of drug-likeness (QED) is 0.451. The number of para-hydroxylation sites is 1. The van der Waals surface area contributed by atoms with Gasteiger partial charge in [0.15, 0.2) is 11.5 Å². The van der Waals surface area contributed by atoms with Gasteiger partial charge in [0.05, 0.1) is 24.9 Å². The smallest absolute Gasteiger partial charge is 0.248 e. The Morgan fingerprint density at radius 3 is 2.92 bits per heavy atom. The number of halogens is 1. The maximum Gasteiger partial charge on any atom is 0.248 e. The van der Waals surface area contributed by atoms with E-state index in [9.17, 15) is 4.79 Å². The second-order valence-electron chi connectivity index (χ2n) is 5.38. The molecule has 3 rings (SSSR count). The lowest BCUT2D eigenvalue weighted by Crippen LogP contribution is -2.08. The first-order valence-corrected chi connectivity index (χ1v) is 9.12. The monoisotopic (exact) mass is 415 g/mol. The second kappa shape index (κ2) is 8.53. The molecule has 0 aliphatic heterocycles. The summed E-state index contributed by atoms with van der Waals surface area (Å²) < 4.78 is 10.9. The van der Waals surface area contributed by atoms with E-state index < -0.39 is 0 Å². The summed E-state index contributed by atoms with van der Waals surface area (Å²) in [5.41, 5.74) is 2.26. The molecule has 0 bridgehead atoms. The standard InChI is InChI=1S/C19H18BrN3O3/c1-25-18-12-13(6-8-17(18)26-11-10-20)21-19(24)9-7-16-14-4-2-3-5-15(14)22-23-16/h2-9,12H,10-11H2,1H3,(H,21,24)(H,22,23). The molecule has 0 saturated carbocycles. The molecule has 1 heterocycles. The number of rotatable bonds is 7. The highest BCUT2D eigenvalue weighted by Crippen LogP contribution is 2.30. The van der Waals surface area contributed by atoms with E-state index in [1.54, 1.807) is 31.4 Å². The molecule has 0 atom stereocenters. The Morgan fingerprint density at radius 2 is 2.12 bits per heavy atom. The van der Waals surface area contributed by atoms with Crippen molar-refractivity contribution in [2.24, 2.45) is 0 Å². The molecular weight excluding hydrogens is 398 g/mol. The van der Waals surface area contributed by atoms with Gasteiger partial charge in [-0.25, -0.2) is 0 Å². The Kier molecular flexibility index (Phi) is 5.91. The van der Waals surface area contributed by atoms with Gasteiger partial charge in [-0.1, -0.05) is 34.1 Å². The number of hydrogen-bond acceptors (Lipinski definition) is 4. The molecule has 0 spiro atoms. The Labute approximate surface area is 159 Å². The molecule has 0 radical (unpaired) electrons. The number of amides is 1. The molecule has 0 unspecified atom stereocenters. The number of nitrogens with one attached hydrogen (secondary N) is 2. The average molecular weight is 416 g/mol. The minimum atomic E-state index is -0.256. The molecule has 1 amide bonds. The van der Waals surface area contributed by atoms with Crippen molar-refractivity contribution in [1.29, 1.82) is 0 Å². The van der Waals surface area contributed by atoms with Crippen molar-refractivity contribution in [3.05, 3.63) is 54.2 Å². The van der Waals surface area contributed by atoms with Gasteiger partial charge in [-0.3, -0.25) is 9.89 Å². The molecule has 0 fully saturated rings. The number of aromatic amines is 1. The van der Waals surface area contributed by atoms with Crippen molar-refractivity contribution in [3.63, 3.8) is 0 Å². The molecule has 3 aromatic rings. The third-order valence-corrected chi connectivity index (χ3v) is 3.98. The van der Waals surface area contributed by atoms with Crippen LogP contribution < -0.4 is 14.8 Å². The zero-order valence-electron chi connectivity index (χ0n) is 14.2. The van der Waals surface area contributed by atoms with Gasteiger partial charge >= 0.3 is 0 Å². The SMILES string of the molecule is COc1cc(NC(=O)C=Cc2n[nH]c3ccccc23)ccc1OCCBr. The Morgan fingerprint density at radius 1 is 1.27 bits per heavy atom. The molecule has 1 aromatic heterocycles. The third kappa shape index (κ3) is 4.23. The number of H-pyrrole nitrogens is 1. The molecule has 0 aliphatic carbocycles. The second-order valence-corrected chi connectivity index (χ2v) is 6.17. The largest absolute Gasteiger partial charge is 0.493 e. The van der Waals surface area contributed by atoms with E-state index in [1.165, 1.54) is 6.08 Å². The van der Waals surface area contributed by atoms with E-state index in [0.29, 0.717) is 29.5 Å². The van der Waals surface area contributed by atoms with Crippen molar-refractivity contribution in [2.75, 3.05) is 24.4 Å². The molecule has 0 saturated heterocycles. The van der Waals surface area contributed by atoms with E-state index >= 15 is 0 Å². The zero-order chi connectivity index (χ0) is 18.4. The van der Waals surface area contributed by atoms with E-state index in [1.807, 2.05) is 24.3 Å². The van der Waals surface area contributed by atoms with Crippen LogP contribution in [0.15, 0.2) is 48.5 Å². The van der Waals surface area contributed by atoms with Crippen LogP contribution in [-0.2, 0) is 4.79 Å². The Hall–Kier alpha value is -2.80. The van der Waals surface area contributed by atoms with Crippen molar-refractivity contribution in [1.82, 2.24) is 10.2 Å². The summed E-state index contributed by atoms with van der Waals surface area (Å²) in [6, 6.07) is 13.0. The predicted molar refractivity (Wildman–Crippen MR) is 106 cm³/mol. The lowest BCUT2D eigenvalue weighted by molar-refractivity contribution is -0.111. The molecule has 2 aromatic carbocycles. The van der Waals surface area contributed by atoms with Crippen LogP contribution in [0.25, 0.3) is 17.0 Å². The highest BCUT2D eigenvalue weighted by Gasteiger charge is 2.07. The normalized spacial score (nSPS) is 11.0. The maximum absolute atomic E-state index is 12.2. The average Bonchev–Trinajstić information content (AvgIpc) is 3.08. The number of nitrogens with zero attached hydrogens (tertiary/aromatic N) is 1. The summed E-state index contributed by atoms with van der Waals surface area (Å²) in [4.78, 5) is 12.2. The Balaban J connectivity index is 1.69. The fourth-order valence-corrected chi connectivity index (χ4v) is 2.63. The molecule has 6 nitrogen and oxygen atoms in total. The number of ether oxygens (including phenoxy) is 2. The fourth-order valence-electron chi connectivity index (χ4n) is 2.46. The van der Waals surface area contributed by atoms with Gasteiger partial charge in [0, 0.05) is 28.5 Å². The number of alkyl halides is 1. The van der Waals surface area contributed by atoms with Crippen LogP contribution in [0.3, 0.4) is 0 Å². The summed E-state index contributed by atoms with van der Waals surface area (Å²) >= 11 is 3.31. The van der Waals surface area contributed by atoms with Gasteiger partial charge in [0.1, 0.15) is 0 Å². The minimum Gasteiger partial charge on any atom is -0.493 e. The van der Waals surface area contributed by atoms with Gasteiger partial charge < -0.3 is 14.8 Å². The van der Waals surface area contributed by atoms with Gasteiger partial charge in [-0.2, -0.15) is 5.10 Å². The predicted octanol–water partition coefficient (Wildman–Crippen LogP) is 4.00. The number of benzene rings is 2. The van der Waals surface area contributed by atoms with E-state index in [-0.39, 0.29) is 5.91 Å². The van der Waals surface area contributed by atoms with Crippen molar-refractivity contribution < 1.29 is 14.3 Å². The number of aromatic nitrogens is 2. The topological polar surface area (TPSA) is 76.2 Å². The molecule has 2 N–H and O–H groups in total. The van der Waals surface area contributed by atoms with Crippen molar-refractivity contribution in [3.8, 4) is 11.5 Å². The number of fused-ring (bicyclic) bond motifs is 1. The number of carbonyl (C=O) groups is 1. The van der Waals surface area contributed by atoms with Crippen LogP contribution >= 0.6 is 15.9 Å². The summed E-state index contributed by atoms with van der Waals surface area (Å²) in [7, 11) is 1.56. The highest BCUT2D eigenvalue weighted by molar-refractivity contribution is 9.09.